The van der Waals surface area contributed by atoms with Gasteiger partial charge in [-0.1, -0.05) is 25.5 Å². The summed E-state index contributed by atoms with van der Waals surface area (Å²) in [7, 11) is 0. The first kappa shape index (κ1) is 13.4. The van der Waals surface area contributed by atoms with Gasteiger partial charge in [0.05, 0.1) is 12.2 Å². The molecule has 0 radical (unpaired) electrons. The fraction of sp³-hybridized carbons (Fsp3) is 0.625. The molecule has 2 nitrogen and oxygen atoms in total. The van der Waals surface area contributed by atoms with E-state index in [1.54, 1.807) is 6.92 Å². The standard InChI is InChI=1S/C16H24O2/c1-3-13-7-9-15(10-8-13)18-16-6-4-5-14(11-16)12(2)17/h4-6,11-13,15,17H,3,7-10H2,1-2H3/t12-,13?,15?/m1/s1. The average molecular weight is 248 g/mol. The lowest BCUT2D eigenvalue weighted by Crippen LogP contribution is -2.23. The lowest BCUT2D eigenvalue weighted by molar-refractivity contribution is 0.129. The molecule has 0 bridgehead atoms. The number of ether oxygens (including phenoxy) is 1. The number of hydrogen-bond donors (Lipinski definition) is 1. The second-order valence-electron chi connectivity index (χ2n) is 5.42. The molecule has 0 spiro atoms. The second kappa shape index (κ2) is 6.24. The Bertz CT molecular complexity index is 365. The molecule has 0 aromatic heterocycles. The normalized spacial score (nSPS) is 25.7. The SMILES string of the molecule is CCC1CCC(Oc2cccc([C@@H](C)O)c2)CC1. The van der Waals surface area contributed by atoms with Gasteiger partial charge in [0.25, 0.3) is 0 Å². The highest BCUT2D eigenvalue weighted by molar-refractivity contribution is 5.29. The molecule has 0 heterocycles. The van der Waals surface area contributed by atoms with Gasteiger partial charge in [0.15, 0.2) is 0 Å². The topological polar surface area (TPSA) is 29.5 Å². The lowest BCUT2D eigenvalue weighted by atomic mass is 9.86. The van der Waals surface area contributed by atoms with Crippen LogP contribution in [-0.2, 0) is 0 Å². The van der Waals surface area contributed by atoms with Gasteiger partial charge in [-0.2, -0.15) is 0 Å². The molecule has 1 aromatic carbocycles. The van der Waals surface area contributed by atoms with Crippen LogP contribution in [0.4, 0.5) is 0 Å². The summed E-state index contributed by atoms with van der Waals surface area (Å²) in [6.45, 7) is 4.06. The summed E-state index contributed by atoms with van der Waals surface area (Å²) in [6.07, 6.45) is 6.13. The molecular weight excluding hydrogens is 224 g/mol. The average Bonchev–Trinajstić information content (AvgIpc) is 2.40. The first-order chi connectivity index (χ1) is 8.69. The Morgan fingerprint density at radius 1 is 1.28 bits per heavy atom. The van der Waals surface area contributed by atoms with Crippen molar-refractivity contribution in [2.75, 3.05) is 0 Å². The van der Waals surface area contributed by atoms with E-state index in [4.69, 9.17) is 4.74 Å². The summed E-state index contributed by atoms with van der Waals surface area (Å²) in [5, 5.41) is 9.57. The highest BCUT2D eigenvalue weighted by Gasteiger charge is 2.21. The molecule has 2 heteroatoms. The van der Waals surface area contributed by atoms with Crippen LogP contribution >= 0.6 is 0 Å². The molecular formula is C16H24O2. The summed E-state index contributed by atoms with van der Waals surface area (Å²) < 4.78 is 6.03. The van der Waals surface area contributed by atoms with Crippen molar-refractivity contribution in [3.63, 3.8) is 0 Å². The van der Waals surface area contributed by atoms with E-state index in [0.29, 0.717) is 6.10 Å². The van der Waals surface area contributed by atoms with Gasteiger partial charge < -0.3 is 9.84 Å². The van der Waals surface area contributed by atoms with Gasteiger partial charge in [0.2, 0.25) is 0 Å². The third-order valence-electron chi connectivity index (χ3n) is 4.01. The van der Waals surface area contributed by atoms with E-state index in [1.807, 2.05) is 24.3 Å². The molecule has 1 aromatic rings. The van der Waals surface area contributed by atoms with E-state index >= 15 is 0 Å². The summed E-state index contributed by atoms with van der Waals surface area (Å²) in [6, 6.07) is 7.83. The van der Waals surface area contributed by atoms with Crippen molar-refractivity contribution in [2.45, 2.75) is 58.2 Å². The fourth-order valence-corrected chi connectivity index (χ4v) is 2.70. The van der Waals surface area contributed by atoms with Crippen molar-refractivity contribution in [3.05, 3.63) is 29.8 Å². The first-order valence-corrected chi connectivity index (χ1v) is 7.13. The Labute approximate surface area is 110 Å². The van der Waals surface area contributed by atoms with Crippen molar-refractivity contribution in [1.29, 1.82) is 0 Å². The third-order valence-corrected chi connectivity index (χ3v) is 4.01. The van der Waals surface area contributed by atoms with Gasteiger partial charge in [-0.25, -0.2) is 0 Å². The summed E-state index contributed by atoms with van der Waals surface area (Å²) in [4.78, 5) is 0. The van der Waals surface area contributed by atoms with E-state index in [9.17, 15) is 5.11 Å². The van der Waals surface area contributed by atoms with Gasteiger partial charge in [0.1, 0.15) is 5.75 Å². The van der Waals surface area contributed by atoms with Crippen LogP contribution in [0.5, 0.6) is 5.75 Å². The predicted octanol–water partition coefficient (Wildman–Crippen LogP) is 4.09. The smallest absolute Gasteiger partial charge is 0.120 e. The van der Waals surface area contributed by atoms with Crippen LogP contribution in [0.2, 0.25) is 0 Å². The Hall–Kier alpha value is -1.02. The first-order valence-electron chi connectivity index (χ1n) is 7.13. The molecule has 18 heavy (non-hydrogen) atoms. The van der Waals surface area contributed by atoms with Crippen LogP contribution < -0.4 is 4.74 Å². The van der Waals surface area contributed by atoms with E-state index in [1.165, 1.54) is 19.3 Å². The third kappa shape index (κ3) is 3.49. The number of aliphatic hydroxyl groups is 1. The van der Waals surface area contributed by atoms with E-state index in [0.717, 1.165) is 30.1 Å². The minimum absolute atomic E-state index is 0.358. The molecule has 1 aliphatic carbocycles. The van der Waals surface area contributed by atoms with Crippen molar-refractivity contribution in [3.8, 4) is 5.75 Å². The quantitative estimate of drug-likeness (QED) is 0.869. The minimum atomic E-state index is -0.427. The Balaban J connectivity index is 1.92. The molecule has 1 N–H and O–H groups in total. The molecule has 2 rings (SSSR count). The number of benzene rings is 1. The Morgan fingerprint density at radius 2 is 2.00 bits per heavy atom. The summed E-state index contributed by atoms with van der Waals surface area (Å²) in [5.74, 6) is 1.79. The maximum atomic E-state index is 9.57. The zero-order chi connectivity index (χ0) is 13.0. The van der Waals surface area contributed by atoms with Gasteiger partial charge in [-0.3, -0.25) is 0 Å². The molecule has 0 unspecified atom stereocenters. The van der Waals surface area contributed by atoms with Crippen LogP contribution in [0.25, 0.3) is 0 Å². The molecule has 0 amide bonds. The highest BCUT2D eigenvalue weighted by Crippen LogP contribution is 2.30. The van der Waals surface area contributed by atoms with Crippen molar-refractivity contribution in [2.24, 2.45) is 5.92 Å². The molecule has 100 valence electrons. The Morgan fingerprint density at radius 3 is 2.61 bits per heavy atom. The van der Waals surface area contributed by atoms with E-state index < -0.39 is 6.10 Å². The molecule has 0 saturated heterocycles. The predicted molar refractivity (Wildman–Crippen MR) is 73.7 cm³/mol. The lowest BCUT2D eigenvalue weighted by Gasteiger charge is -2.28. The molecule has 1 atom stereocenters. The zero-order valence-corrected chi connectivity index (χ0v) is 11.4. The number of rotatable bonds is 4. The number of aliphatic hydroxyl groups excluding tert-OH is 1. The van der Waals surface area contributed by atoms with Crippen LogP contribution in [0.15, 0.2) is 24.3 Å². The molecule has 0 aliphatic heterocycles. The van der Waals surface area contributed by atoms with Crippen molar-refractivity contribution in [1.82, 2.24) is 0 Å². The van der Waals surface area contributed by atoms with Crippen molar-refractivity contribution < 1.29 is 9.84 Å². The molecule has 1 saturated carbocycles. The van der Waals surface area contributed by atoms with Crippen LogP contribution in [0, 0.1) is 5.92 Å². The largest absolute Gasteiger partial charge is 0.490 e. The van der Waals surface area contributed by atoms with Gasteiger partial charge in [-0.05, 0) is 56.2 Å². The van der Waals surface area contributed by atoms with Crippen LogP contribution in [0.3, 0.4) is 0 Å². The Kier molecular flexibility index (Phi) is 4.65. The highest BCUT2D eigenvalue weighted by atomic mass is 16.5. The second-order valence-corrected chi connectivity index (χ2v) is 5.42. The van der Waals surface area contributed by atoms with Crippen LogP contribution in [0.1, 0.15) is 57.6 Å². The molecule has 1 aliphatic rings. The summed E-state index contributed by atoms with van der Waals surface area (Å²) >= 11 is 0. The maximum Gasteiger partial charge on any atom is 0.120 e. The van der Waals surface area contributed by atoms with Gasteiger partial charge in [-0.15, -0.1) is 0 Å². The van der Waals surface area contributed by atoms with E-state index in [2.05, 4.69) is 6.92 Å². The van der Waals surface area contributed by atoms with Gasteiger partial charge >= 0.3 is 0 Å². The fourth-order valence-electron chi connectivity index (χ4n) is 2.70. The van der Waals surface area contributed by atoms with Crippen LogP contribution in [-0.4, -0.2) is 11.2 Å². The van der Waals surface area contributed by atoms with E-state index in [-0.39, 0.29) is 0 Å². The van der Waals surface area contributed by atoms with Crippen molar-refractivity contribution >= 4 is 0 Å². The molecule has 1 fully saturated rings. The zero-order valence-electron chi connectivity index (χ0n) is 11.4. The maximum absolute atomic E-state index is 9.57. The summed E-state index contributed by atoms with van der Waals surface area (Å²) in [5.41, 5.74) is 0.926. The minimum Gasteiger partial charge on any atom is -0.490 e. The monoisotopic (exact) mass is 248 g/mol. The number of hydrogen-bond acceptors (Lipinski definition) is 2. The van der Waals surface area contributed by atoms with Gasteiger partial charge in [0, 0.05) is 0 Å².